The van der Waals surface area contributed by atoms with Crippen LogP contribution in [0.2, 0.25) is 0 Å². The van der Waals surface area contributed by atoms with Crippen molar-refractivity contribution in [3.8, 4) is 24.2 Å². The van der Waals surface area contributed by atoms with Gasteiger partial charge in [0.2, 0.25) is 0 Å². The first-order valence-corrected chi connectivity index (χ1v) is 3.40. The van der Waals surface area contributed by atoms with E-state index in [9.17, 15) is 0 Å². The normalized spacial score (nSPS) is 10.9. The Kier molecular flexibility index (Phi) is 5.63. The molecule has 0 bridgehead atoms. The molecule has 0 amide bonds. The number of rotatable bonds is 3. The van der Waals surface area contributed by atoms with Gasteiger partial charge in [-0.15, -0.1) is 18.3 Å². The minimum absolute atomic E-state index is 0.165. The second-order valence-electron chi connectivity index (χ2n) is 2.02. The van der Waals surface area contributed by atoms with Gasteiger partial charge in [-0.3, -0.25) is 0 Å². The van der Waals surface area contributed by atoms with E-state index < -0.39 is 0 Å². The summed E-state index contributed by atoms with van der Waals surface area (Å²) in [6.07, 6.45) is 6.02. The highest BCUT2D eigenvalue weighted by atomic mass is 14.9. The van der Waals surface area contributed by atoms with E-state index in [0.29, 0.717) is 0 Å². The third-order valence-corrected chi connectivity index (χ3v) is 1.13. The molecule has 0 aromatic carbocycles. The zero-order valence-electron chi connectivity index (χ0n) is 6.57. The van der Waals surface area contributed by atoms with Crippen molar-refractivity contribution in [1.82, 2.24) is 5.32 Å². The summed E-state index contributed by atoms with van der Waals surface area (Å²) >= 11 is 0. The van der Waals surface area contributed by atoms with Crippen LogP contribution in [0.1, 0.15) is 20.3 Å². The molecule has 1 nitrogen and oxygen atoms in total. The maximum absolute atomic E-state index is 5.14. The predicted octanol–water partition coefficient (Wildman–Crippen LogP) is 1.01. The van der Waals surface area contributed by atoms with Crippen LogP contribution in [0.15, 0.2) is 0 Å². The quantitative estimate of drug-likeness (QED) is 0.450. The van der Waals surface area contributed by atoms with E-state index in [1.807, 2.05) is 13.8 Å². The van der Waals surface area contributed by atoms with Gasteiger partial charge in [-0.2, -0.15) is 0 Å². The molecule has 0 aliphatic carbocycles. The summed E-state index contributed by atoms with van der Waals surface area (Å²) in [7, 11) is 0. The predicted molar refractivity (Wildman–Crippen MR) is 44.4 cm³/mol. The van der Waals surface area contributed by atoms with Gasteiger partial charge in [-0.05, 0) is 13.8 Å². The summed E-state index contributed by atoms with van der Waals surface area (Å²) in [5, 5.41) is 3.13. The molecule has 1 N–H and O–H groups in total. The van der Waals surface area contributed by atoms with Gasteiger partial charge in [0.1, 0.15) is 0 Å². The Bertz CT molecular complexity index is 165. The van der Waals surface area contributed by atoms with Gasteiger partial charge in [-0.25, -0.2) is 0 Å². The lowest BCUT2D eigenvalue weighted by Crippen LogP contribution is -2.24. The molecule has 0 heterocycles. The molecule has 1 heteroatoms. The van der Waals surface area contributed by atoms with Crippen molar-refractivity contribution in [1.29, 1.82) is 0 Å². The molecule has 0 radical (unpaired) electrons. The Hall–Kier alpha value is -0.920. The summed E-state index contributed by atoms with van der Waals surface area (Å²) in [6.45, 7) is 4.68. The van der Waals surface area contributed by atoms with Crippen LogP contribution in [-0.2, 0) is 0 Å². The van der Waals surface area contributed by atoms with Crippen LogP contribution in [0.25, 0.3) is 0 Å². The van der Waals surface area contributed by atoms with E-state index in [-0.39, 0.29) is 6.04 Å². The summed E-state index contributed by atoms with van der Waals surface area (Å²) in [6, 6.07) is 0.165. The van der Waals surface area contributed by atoms with Gasteiger partial charge in [0, 0.05) is 13.0 Å². The molecule has 0 spiro atoms. The lowest BCUT2D eigenvalue weighted by atomic mass is 10.3. The maximum Gasteiger partial charge on any atom is 0.0658 e. The maximum atomic E-state index is 5.14. The first-order chi connectivity index (χ1) is 4.81. The van der Waals surface area contributed by atoms with Gasteiger partial charge in [0.15, 0.2) is 0 Å². The molecule has 10 heavy (non-hydrogen) atoms. The van der Waals surface area contributed by atoms with Crippen LogP contribution in [0.4, 0.5) is 0 Å². The standard InChI is InChI=1S/C9H13N/c1-4-6-7-8-10-9(3)5-2/h2,9-10H,7-8H2,1,3H3. The lowest BCUT2D eigenvalue weighted by Gasteiger charge is -2.02. The van der Waals surface area contributed by atoms with E-state index in [4.69, 9.17) is 6.42 Å². The highest BCUT2D eigenvalue weighted by Crippen LogP contribution is 1.77. The van der Waals surface area contributed by atoms with Crippen molar-refractivity contribution >= 4 is 0 Å². The van der Waals surface area contributed by atoms with Gasteiger partial charge in [0.25, 0.3) is 0 Å². The number of hydrogen-bond acceptors (Lipinski definition) is 1. The molecule has 54 valence electrons. The smallest absolute Gasteiger partial charge is 0.0658 e. The SMILES string of the molecule is C#CC(C)NCCC#CC. The van der Waals surface area contributed by atoms with Gasteiger partial charge in [0.05, 0.1) is 6.04 Å². The van der Waals surface area contributed by atoms with E-state index in [0.717, 1.165) is 13.0 Å². The number of nitrogens with one attached hydrogen (secondary N) is 1. The fourth-order valence-corrected chi connectivity index (χ4v) is 0.535. The van der Waals surface area contributed by atoms with Crippen molar-refractivity contribution in [3.05, 3.63) is 0 Å². The third-order valence-electron chi connectivity index (χ3n) is 1.13. The van der Waals surface area contributed by atoms with E-state index in [2.05, 4.69) is 23.1 Å². The molecule has 0 fully saturated rings. The zero-order valence-corrected chi connectivity index (χ0v) is 6.57. The Morgan fingerprint density at radius 3 is 2.80 bits per heavy atom. The molecule has 0 aromatic rings. The van der Waals surface area contributed by atoms with Crippen molar-refractivity contribution in [3.63, 3.8) is 0 Å². The minimum Gasteiger partial charge on any atom is -0.303 e. The summed E-state index contributed by atoms with van der Waals surface area (Å²) in [4.78, 5) is 0. The summed E-state index contributed by atoms with van der Waals surface area (Å²) < 4.78 is 0. The second-order valence-corrected chi connectivity index (χ2v) is 2.02. The fraction of sp³-hybridized carbons (Fsp3) is 0.556. The van der Waals surface area contributed by atoms with Crippen LogP contribution >= 0.6 is 0 Å². The molecule has 0 aromatic heterocycles. The van der Waals surface area contributed by atoms with Crippen LogP contribution in [0, 0.1) is 24.2 Å². The van der Waals surface area contributed by atoms with Crippen LogP contribution < -0.4 is 5.32 Å². The molecule has 0 saturated heterocycles. The molecule has 0 aliphatic heterocycles. The highest BCUT2D eigenvalue weighted by molar-refractivity contribution is 4.98. The molecule has 1 unspecified atom stereocenters. The van der Waals surface area contributed by atoms with E-state index >= 15 is 0 Å². The van der Waals surface area contributed by atoms with Crippen molar-refractivity contribution in [2.24, 2.45) is 0 Å². The Labute approximate surface area is 63.2 Å². The molecular weight excluding hydrogens is 122 g/mol. The van der Waals surface area contributed by atoms with Crippen molar-refractivity contribution < 1.29 is 0 Å². The molecule has 1 atom stereocenters. The van der Waals surface area contributed by atoms with E-state index in [1.165, 1.54) is 0 Å². The first-order valence-electron chi connectivity index (χ1n) is 3.40. The monoisotopic (exact) mass is 135 g/mol. The van der Waals surface area contributed by atoms with Crippen molar-refractivity contribution in [2.45, 2.75) is 26.3 Å². The number of terminal acetylenes is 1. The van der Waals surface area contributed by atoms with Crippen LogP contribution in [-0.4, -0.2) is 12.6 Å². The molecule has 0 saturated carbocycles. The Morgan fingerprint density at radius 2 is 2.30 bits per heavy atom. The van der Waals surface area contributed by atoms with Crippen molar-refractivity contribution in [2.75, 3.05) is 6.54 Å². The largest absolute Gasteiger partial charge is 0.303 e. The van der Waals surface area contributed by atoms with Gasteiger partial charge >= 0.3 is 0 Å². The summed E-state index contributed by atoms with van der Waals surface area (Å²) in [5.41, 5.74) is 0. The second kappa shape index (κ2) is 6.20. The first kappa shape index (κ1) is 9.08. The Morgan fingerprint density at radius 1 is 1.60 bits per heavy atom. The minimum atomic E-state index is 0.165. The third kappa shape index (κ3) is 5.22. The van der Waals surface area contributed by atoms with Crippen LogP contribution in [0.3, 0.4) is 0 Å². The average Bonchev–Trinajstić information content (AvgIpc) is 1.98. The van der Waals surface area contributed by atoms with E-state index in [1.54, 1.807) is 0 Å². The van der Waals surface area contributed by atoms with Crippen LogP contribution in [0.5, 0.6) is 0 Å². The highest BCUT2D eigenvalue weighted by Gasteiger charge is 1.90. The van der Waals surface area contributed by atoms with Gasteiger partial charge < -0.3 is 5.32 Å². The molecule has 0 aliphatic rings. The fourth-order valence-electron chi connectivity index (χ4n) is 0.535. The summed E-state index contributed by atoms with van der Waals surface area (Å²) in [5.74, 6) is 8.35. The molecular formula is C9H13N. The van der Waals surface area contributed by atoms with Gasteiger partial charge in [-0.1, -0.05) is 5.92 Å². The zero-order chi connectivity index (χ0) is 7.82. The number of hydrogen-bond donors (Lipinski definition) is 1. The lowest BCUT2D eigenvalue weighted by molar-refractivity contribution is 0.657. The average molecular weight is 135 g/mol. The Balaban J connectivity index is 3.19. The molecule has 0 rings (SSSR count). The topological polar surface area (TPSA) is 12.0 Å².